The molecule has 1 saturated carbocycles. The molecular formula is C37H58ClN5O4. The van der Waals surface area contributed by atoms with Crippen LogP contribution in [-0.4, -0.2) is 130 Å². The Balaban J connectivity index is 1.50. The van der Waals surface area contributed by atoms with Gasteiger partial charge >= 0.3 is 0 Å². The van der Waals surface area contributed by atoms with Gasteiger partial charge in [0.25, 0.3) is 0 Å². The number of likely N-dealkylation sites (tertiary alicyclic amines) is 2. The molecule has 4 fully saturated rings. The minimum atomic E-state index is -0.949. The van der Waals surface area contributed by atoms with Gasteiger partial charge in [0.2, 0.25) is 17.7 Å². The predicted molar refractivity (Wildman–Crippen MR) is 186 cm³/mol. The van der Waals surface area contributed by atoms with Crippen LogP contribution in [0.25, 0.3) is 0 Å². The van der Waals surface area contributed by atoms with Gasteiger partial charge in [-0.2, -0.15) is 0 Å². The van der Waals surface area contributed by atoms with Gasteiger partial charge in [0.15, 0.2) is 0 Å². The molecule has 4 atom stereocenters. The molecule has 47 heavy (non-hydrogen) atoms. The van der Waals surface area contributed by atoms with Crippen molar-refractivity contribution in [2.24, 2.45) is 17.3 Å². The molecule has 5 rings (SSSR count). The van der Waals surface area contributed by atoms with Crippen LogP contribution in [0, 0.1) is 17.3 Å². The molecule has 4 aliphatic rings. The Morgan fingerprint density at radius 2 is 1.49 bits per heavy atom. The van der Waals surface area contributed by atoms with Crippen LogP contribution in [0.15, 0.2) is 24.3 Å². The average molecular weight is 672 g/mol. The normalized spacial score (nSPS) is 29.7. The number of aliphatic hydroxyl groups is 1. The molecule has 0 unspecified atom stereocenters. The van der Waals surface area contributed by atoms with E-state index < -0.39 is 11.5 Å². The molecule has 3 saturated heterocycles. The van der Waals surface area contributed by atoms with Crippen LogP contribution in [0.3, 0.4) is 0 Å². The molecule has 3 heterocycles. The Hall–Kier alpha value is -2.20. The van der Waals surface area contributed by atoms with Crippen molar-refractivity contribution in [3.05, 3.63) is 34.9 Å². The number of nitrogens with zero attached hydrogens (tertiary/aromatic N) is 5. The van der Waals surface area contributed by atoms with Crippen molar-refractivity contribution in [3.8, 4) is 0 Å². The van der Waals surface area contributed by atoms with Gasteiger partial charge in [-0.25, -0.2) is 0 Å². The van der Waals surface area contributed by atoms with Crippen LogP contribution in [0.1, 0.15) is 85.1 Å². The summed E-state index contributed by atoms with van der Waals surface area (Å²) >= 11 is 6.27. The first-order chi connectivity index (χ1) is 22.1. The van der Waals surface area contributed by atoms with Crippen molar-refractivity contribution in [2.75, 3.05) is 59.5 Å². The highest BCUT2D eigenvalue weighted by molar-refractivity contribution is 6.30. The van der Waals surface area contributed by atoms with Crippen LogP contribution >= 0.6 is 11.6 Å². The van der Waals surface area contributed by atoms with Crippen molar-refractivity contribution < 1.29 is 19.5 Å². The number of carbonyl (C=O) groups excluding carboxylic acids is 3. The van der Waals surface area contributed by atoms with Crippen LogP contribution in [0.2, 0.25) is 5.02 Å². The first kappa shape index (κ1) is 36.1. The minimum Gasteiger partial charge on any atom is -0.395 e. The molecule has 1 aliphatic carbocycles. The van der Waals surface area contributed by atoms with Crippen LogP contribution in [-0.2, 0) is 14.4 Å². The summed E-state index contributed by atoms with van der Waals surface area (Å²) in [6.07, 6.45) is 4.31. The minimum absolute atomic E-state index is 0.00207. The van der Waals surface area contributed by atoms with Gasteiger partial charge in [0.1, 0.15) is 6.04 Å². The molecule has 1 aromatic rings. The SMILES string of the molecule is CC1CCC(N(C(=O)C(C)(C)CO)[C@H]2C[C@@H](C(=O)N3CCN(C)CC3)N(C(=O)[C@@H]3CN(C(C)(C)C)C[C@H]3c3ccc(Cl)cc3)C2)CC1. The molecule has 0 aromatic heterocycles. The highest BCUT2D eigenvalue weighted by Gasteiger charge is 2.52. The largest absolute Gasteiger partial charge is 0.395 e. The van der Waals surface area contributed by atoms with Gasteiger partial charge in [-0.15, -0.1) is 0 Å². The standard InChI is InChI=1S/C37H58ClN5O4/c1-25-8-14-28(15-9-25)43(35(47)37(5,6)24-44)29-20-32(34(46)40-18-16-39(7)17-19-40)42(21-29)33(45)31-23-41(36(2,3)4)22-30(31)26-10-12-27(38)13-11-26/h10-13,25,28-32,44H,8-9,14-24H2,1-7H3/t25?,28?,29-,30-,31+,32-/m0/s1. The third kappa shape index (κ3) is 7.84. The maximum atomic E-state index is 15.0. The second-order valence-corrected chi connectivity index (χ2v) is 17.0. The van der Waals surface area contributed by atoms with Crippen LogP contribution < -0.4 is 0 Å². The van der Waals surface area contributed by atoms with E-state index in [1.807, 2.05) is 39.0 Å². The predicted octanol–water partition coefficient (Wildman–Crippen LogP) is 4.32. The van der Waals surface area contributed by atoms with Crippen molar-refractivity contribution in [3.63, 3.8) is 0 Å². The summed E-state index contributed by atoms with van der Waals surface area (Å²) in [7, 11) is 2.07. The number of benzene rings is 1. The number of hydrogen-bond donors (Lipinski definition) is 1. The van der Waals surface area contributed by atoms with Gasteiger partial charge in [0, 0.05) is 68.3 Å². The lowest BCUT2D eigenvalue weighted by molar-refractivity contribution is -0.149. The van der Waals surface area contributed by atoms with Crippen molar-refractivity contribution >= 4 is 29.3 Å². The molecule has 1 N–H and O–H groups in total. The van der Waals surface area contributed by atoms with Gasteiger partial charge in [-0.3, -0.25) is 19.3 Å². The van der Waals surface area contributed by atoms with Crippen molar-refractivity contribution in [1.82, 2.24) is 24.5 Å². The molecule has 3 aliphatic heterocycles. The van der Waals surface area contributed by atoms with E-state index in [0.717, 1.165) is 50.9 Å². The zero-order valence-electron chi connectivity index (χ0n) is 29.8. The third-order valence-electron chi connectivity index (χ3n) is 11.5. The number of carbonyl (C=O) groups is 3. The first-order valence-corrected chi connectivity index (χ1v) is 18.2. The topological polar surface area (TPSA) is 87.6 Å². The smallest absolute Gasteiger partial charge is 0.245 e. The van der Waals surface area contributed by atoms with Gasteiger partial charge in [-0.1, -0.05) is 30.7 Å². The summed E-state index contributed by atoms with van der Waals surface area (Å²) in [6, 6.07) is 6.96. The van der Waals surface area contributed by atoms with Crippen LogP contribution in [0.5, 0.6) is 0 Å². The van der Waals surface area contributed by atoms with E-state index in [0.29, 0.717) is 43.5 Å². The molecule has 0 spiro atoms. The molecule has 10 heteroatoms. The Morgan fingerprint density at radius 1 is 0.872 bits per heavy atom. The summed E-state index contributed by atoms with van der Waals surface area (Å²) in [5, 5.41) is 10.9. The van der Waals surface area contributed by atoms with E-state index in [9.17, 15) is 19.5 Å². The molecule has 9 nitrogen and oxygen atoms in total. The van der Waals surface area contributed by atoms with Crippen molar-refractivity contribution in [1.29, 1.82) is 0 Å². The first-order valence-electron chi connectivity index (χ1n) is 17.8. The van der Waals surface area contributed by atoms with Gasteiger partial charge < -0.3 is 24.7 Å². The van der Waals surface area contributed by atoms with E-state index >= 15 is 0 Å². The number of piperazine rings is 1. The van der Waals surface area contributed by atoms with E-state index in [4.69, 9.17) is 11.6 Å². The summed E-state index contributed by atoms with van der Waals surface area (Å²) in [4.78, 5) is 54.0. The summed E-state index contributed by atoms with van der Waals surface area (Å²) in [5.41, 5.74) is 0.00462. The Labute approximate surface area is 287 Å². The number of amides is 3. The number of likely N-dealkylation sites (N-methyl/N-ethyl adjacent to an activating group) is 1. The highest BCUT2D eigenvalue weighted by atomic mass is 35.5. The lowest BCUT2D eigenvalue weighted by atomic mass is 9.83. The summed E-state index contributed by atoms with van der Waals surface area (Å²) in [6.45, 7) is 16.7. The maximum Gasteiger partial charge on any atom is 0.245 e. The fourth-order valence-corrected chi connectivity index (χ4v) is 8.29. The highest BCUT2D eigenvalue weighted by Crippen LogP contribution is 2.41. The van der Waals surface area contributed by atoms with Gasteiger partial charge in [0.05, 0.1) is 24.0 Å². The van der Waals surface area contributed by atoms with E-state index in [-0.39, 0.29) is 53.8 Å². The summed E-state index contributed by atoms with van der Waals surface area (Å²) in [5.74, 6) is 0.156. The zero-order valence-corrected chi connectivity index (χ0v) is 30.5. The third-order valence-corrected chi connectivity index (χ3v) is 11.8. The number of rotatable bonds is 7. The van der Waals surface area contributed by atoms with Crippen LogP contribution in [0.4, 0.5) is 0 Å². The average Bonchev–Trinajstić information content (AvgIpc) is 3.68. The Morgan fingerprint density at radius 3 is 2.06 bits per heavy atom. The maximum absolute atomic E-state index is 15.0. The molecule has 3 amide bonds. The van der Waals surface area contributed by atoms with E-state index in [1.165, 1.54) is 0 Å². The quantitative estimate of drug-likeness (QED) is 0.465. The lowest BCUT2D eigenvalue weighted by Crippen LogP contribution is -2.55. The number of aliphatic hydroxyl groups excluding tert-OH is 1. The van der Waals surface area contributed by atoms with Crippen molar-refractivity contribution in [2.45, 2.75) is 103 Å². The Bertz CT molecular complexity index is 1270. The molecule has 0 radical (unpaired) electrons. The monoisotopic (exact) mass is 671 g/mol. The fraction of sp³-hybridized carbons (Fsp3) is 0.757. The molecule has 1 aromatic carbocycles. The molecule has 0 bridgehead atoms. The number of hydrogen-bond acceptors (Lipinski definition) is 6. The molecular weight excluding hydrogens is 614 g/mol. The Kier molecular flexibility index (Phi) is 11.0. The second-order valence-electron chi connectivity index (χ2n) is 16.5. The van der Waals surface area contributed by atoms with E-state index in [2.05, 4.69) is 44.5 Å². The molecule has 262 valence electrons. The van der Waals surface area contributed by atoms with Gasteiger partial charge in [-0.05, 0) is 97.4 Å². The fourth-order valence-electron chi connectivity index (χ4n) is 8.16. The lowest BCUT2D eigenvalue weighted by Gasteiger charge is -2.43. The zero-order chi connectivity index (χ0) is 34.3. The number of halogens is 1. The second kappa shape index (κ2) is 14.3. The van der Waals surface area contributed by atoms with E-state index in [1.54, 1.807) is 13.8 Å². The summed E-state index contributed by atoms with van der Waals surface area (Å²) < 4.78 is 0.